The number of hydrogen-bond donors (Lipinski definition) is 2. The summed E-state index contributed by atoms with van der Waals surface area (Å²) < 4.78 is 5.42. The van der Waals surface area contributed by atoms with Crippen molar-refractivity contribution in [1.82, 2.24) is 4.90 Å². The Balaban J connectivity index is 1.61. The number of benzene rings is 1. The van der Waals surface area contributed by atoms with Gasteiger partial charge in [0, 0.05) is 30.8 Å². The van der Waals surface area contributed by atoms with Crippen LogP contribution in [0.25, 0.3) is 0 Å². The van der Waals surface area contributed by atoms with E-state index in [9.17, 15) is 14.7 Å². The Hall–Kier alpha value is -2.60. The summed E-state index contributed by atoms with van der Waals surface area (Å²) in [5, 5.41) is 12.3. The van der Waals surface area contributed by atoms with Crippen molar-refractivity contribution in [2.75, 3.05) is 18.4 Å². The van der Waals surface area contributed by atoms with Crippen LogP contribution in [-0.4, -0.2) is 41.0 Å². The maximum absolute atomic E-state index is 12.4. The molecule has 0 atom stereocenters. The number of piperidine rings is 1. The van der Waals surface area contributed by atoms with Crippen molar-refractivity contribution in [2.24, 2.45) is 0 Å². The van der Waals surface area contributed by atoms with Gasteiger partial charge >= 0.3 is 0 Å². The molecule has 132 valence electrons. The molecule has 6 heteroatoms. The van der Waals surface area contributed by atoms with Gasteiger partial charge in [0.2, 0.25) is 0 Å². The summed E-state index contributed by atoms with van der Waals surface area (Å²) in [5.74, 6) is 0.661. The second-order valence-corrected chi connectivity index (χ2v) is 6.17. The van der Waals surface area contributed by atoms with Crippen molar-refractivity contribution >= 4 is 17.5 Å². The molecule has 3 rings (SSSR count). The fourth-order valence-corrected chi connectivity index (χ4v) is 2.83. The number of nitrogens with zero attached hydrogens (tertiary/aromatic N) is 1. The zero-order chi connectivity index (χ0) is 17.8. The summed E-state index contributed by atoms with van der Waals surface area (Å²) in [6.45, 7) is 3.09. The number of carbonyl (C=O) groups excluding carboxylic acids is 2. The van der Waals surface area contributed by atoms with Crippen molar-refractivity contribution in [1.29, 1.82) is 0 Å². The van der Waals surface area contributed by atoms with Gasteiger partial charge in [-0.05, 0) is 49.2 Å². The first-order valence-corrected chi connectivity index (χ1v) is 8.54. The lowest BCUT2D eigenvalue weighted by Gasteiger charge is -2.29. The fourth-order valence-electron chi connectivity index (χ4n) is 2.83. The summed E-state index contributed by atoms with van der Waals surface area (Å²) in [6.07, 6.45) is 1.65. The molecule has 2 N–H and O–H groups in total. The van der Waals surface area contributed by atoms with E-state index in [0.717, 1.165) is 12.2 Å². The van der Waals surface area contributed by atoms with Crippen LogP contribution in [-0.2, 0) is 6.42 Å². The van der Waals surface area contributed by atoms with Crippen LogP contribution in [0.3, 0.4) is 0 Å². The van der Waals surface area contributed by atoms with E-state index in [1.807, 2.05) is 6.92 Å². The summed E-state index contributed by atoms with van der Waals surface area (Å²) in [5.41, 5.74) is 1.17. The van der Waals surface area contributed by atoms with Crippen LogP contribution in [0.1, 0.15) is 46.4 Å². The van der Waals surface area contributed by atoms with Gasteiger partial charge in [-0.2, -0.15) is 0 Å². The van der Waals surface area contributed by atoms with Crippen molar-refractivity contribution in [3.05, 3.63) is 53.5 Å². The first-order valence-electron chi connectivity index (χ1n) is 8.54. The number of hydrogen-bond acceptors (Lipinski definition) is 4. The predicted molar refractivity (Wildman–Crippen MR) is 93.6 cm³/mol. The maximum Gasteiger partial charge on any atom is 0.291 e. The molecular formula is C19H22N2O4. The number of aliphatic hydroxyl groups excluding tert-OH is 1. The zero-order valence-electron chi connectivity index (χ0n) is 14.2. The van der Waals surface area contributed by atoms with Crippen molar-refractivity contribution in [2.45, 2.75) is 32.3 Å². The number of carbonyl (C=O) groups is 2. The lowest BCUT2D eigenvalue weighted by atomic mass is 10.1. The molecule has 6 nitrogen and oxygen atoms in total. The predicted octanol–water partition coefficient (Wildman–Crippen LogP) is 2.69. The first-order chi connectivity index (χ1) is 12.1. The number of aliphatic hydroxyl groups is 1. The molecule has 25 heavy (non-hydrogen) atoms. The first kappa shape index (κ1) is 17.2. The smallest absolute Gasteiger partial charge is 0.291 e. The van der Waals surface area contributed by atoms with Gasteiger partial charge in [-0.25, -0.2) is 0 Å². The molecule has 0 aliphatic carbocycles. The maximum atomic E-state index is 12.4. The molecule has 1 aromatic carbocycles. The van der Waals surface area contributed by atoms with Crippen LogP contribution >= 0.6 is 0 Å². The molecule has 2 aromatic rings. The molecule has 1 aliphatic heterocycles. The van der Waals surface area contributed by atoms with Gasteiger partial charge in [-0.3, -0.25) is 9.59 Å². The Morgan fingerprint density at radius 2 is 1.84 bits per heavy atom. The topological polar surface area (TPSA) is 82.8 Å². The standard InChI is InChI=1S/C19H22N2O4/c1-2-16-7-8-17(25-16)18(23)20-14-5-3-13(4-6-14)19(24)21-11-9-15(22)10-12-21/h3-8,15,22H,2,9-12H2,1H3,(H,20,23). The van der Waals surface area contributed by atoms with Crippen LogP contribution in [0.2, 0.25) is 0 Å². The minimum absolute atomic E-state index is 0.0524. The summed E-state index contributed by atoms with van der Waals surface area (Å²) in [7, 11) is 0. The van der Waals surface area contributed by atoms with E-state index in [0.29, 0.717) is 37.2 Å². The number of likely N-dealkylation sites (tertiary alicyclic amines) is 1. The van der Waals surface area contributed by atoms with E-state index >= 15 is 0 Å². The highest BCUT2D eigenvalue weighted by Gasteiger charge is 2.22. The van der Waals surface area contributed by atoms with E-state index in [1.165, 1.54) is 0 Å². The largest absolute Gasteiger partial charge is 0.456 e. The van der Waals surface area contributed by atoms with Crippen LogP contribution in [0, 0.1) is 0 Å². The Bertz CT molecular complexity index is 743. The molecule has 0 radical (unpaired) electrons. The number of furan rings is 1. The van der Waals surface area contributed by atoms with E-state index in [2.05, 4.69) is 5.32 Å². The number of nitrogens with one attached hydrogen (secondary N) is 1. The SMILES string of the molecule is CCc1ccc(C(=O)Nc2ccc(C(=O)N3CCC(O)CC3)cc2)o1. The van der Waals surface area contributed by atoms with Crippen LogP contribution in [0.4, 0.5) is 5.69 Å². The van der Waals surface area contributed by atoms with E-state index in [4.69, 9.17) is 4.42 Å². The fraction of sp³-hybridized carbons (Fsp3) is 0.368. The molecule has 1 aliphatic rings. The van der Waals surface area contributed by atoms with Gasteiger partial charge in [0.05, 0.1) is 6.10 Å². The van der Waals surface area contributed by atoms with E-state index in [1.54, 1.807) is 41.3 Å². The molecule has 1 aromatic heterocycles. The number of rotatable bonds is 4. The van der Waals surface area contributed by atoms with Crippen LogP contribution < -0.4 is 5.32 Å². The highest BCUT2D eigenvalue weighted by Crippen LogP contribution is 2.17. The normalized spacial score (nSPS) is 15.2. The van der Waals surface area contributed by atoms with Gasteiger partial charge < -0.3 is 19.7 Å². The third-order valence-electron chi connectivity index (χ3n) is 4.38. The molecule has 1 saturated heterocycles. The number of aryl methyl sites for hydroxylation is 1. The van der Waals surface area contributed by atoms with Crippen molar-refractivity contribution < 1.29 is 19.1 Å². The number of anilines is 1. The second-order valence-electron chi connectivity index (χ2n) is 6.17. The summed E-state index contributed by atoms with van der Waals surface area (Å²) in [6, 6.07) is 10.2. The molecular weight excluding hydrogens is 320 g/mol. The highest BCUT2D eigenvalue weighted by molar-refractivity contribution is 6.02. The molecule has 0 spiro atoms. The molecule has 2 heterocycles. The van der Waals surface area contributed by atoms with E-state index in [-0.39, 0.29) is 23.7 Å². The highest BCUT2D eigenvalue weighted by atomic mass is 16.3. The van der Waals surface area contributed by atoms with Gasteiger partial charge in [0.1, 0.15) is 5.76 Å². The third kappa shape index (κ3) is 4.09. The minimum atomic E-state index is -0.316. The minimum Gasteiger partial charge on any atom is -0.456 e. The monoisotopic (exact) mass is 342 g/mol. The lowest BCUT2D eigenvalue weighted by Crippen LogP contribution is -2.40. The third-order valence-corrected chi connectivity index (χ3v) is 4.38. The zero-order valence-corrected chi connectivity index (χ0v) is 14.2. The molecule has 0 unspecified atom stereocenters. The molecule has 2 amide bonds. The van der Waals surface area contributed by atoms with Gasteiger partial charge in [0.25, 0.3) is 11.8 Å². The second kappa shape index (κ2) is 7.53. The van der Waals surface area contributed by atoms with Crippen LogP contribution in [0.15, 0.2) is 40.8 Å². The molecule has 0 saturated carbocycles. The van der Waals surface area contributed by atoms with Crippen molar-refractivity contribution in [3.8, 4) is 0 Å². The van der Waals surface area contributed by atoms with Gasteiger partial charge in [-0.1, -0.05) is 6.92 Å². The van der Waals surface area contributed by atoms with E-state index < -0.39 is 0 Å². The Labute approximate surface area is 146 Å². The Morgan fingerprint density at radius 1 is 1.16 bits per heavy atom. The molecule has 1 fully saturated rings. The van der Waals surface area contributed by atoms with Crippen LogP contribution in [0.5, 0.6) is 0 Å². The lowest BCUT2D eigenvalue weighted by molar-refractivity contribution is 0.0546. The van der Waals surface area contributed by atoms with Crippen molar-refractivity contribution in [3.63, 3.8) is 0 Å². The summed E-state index contributed by atoms with van der Waals surface area (Å²) in [4.78, 5) is 26.3. The Kier molecular flexibility index (Phi) is 5.19. The average molecular weight is 342 g/mol. The Morgan fingerprint density at radius 3 is 2.44 bits per heavy atom. The quantitative estimate of drug-likeness (QED) is 0.895. The van der Waals surface area contributed by atoms with Gasteiger partial charge in [-0.15, -0.1) is 0 Å². The average Bonchev–Trinajstić information content (AvgIpc) is 3.12. The number of amides is 2. The molecule has 0 bridgehead atoms. The summed E-state index contributed by atoms with van der Waals surface area (Å²) >= 11 is 0. The van der Waals surface area contributed by atoms with Gasteiger partial charge in [0.15, 0.2) is 5.76 Å².